The summed E-state index contributed by atoms with van der Waals surface area (Å²) in [5.74, 6) is -5.02. The molecule has 1 atom stereocenters. The topological polar surface area (TPSA) is 21.3 Å². The van der Waals surface area contributed by atoms with Crippen LogP contribution < -0.4 is 5.32 Å². The first kappa shape index (κ1) is 17.0. The smallest absolute Gasteiger partial charge is 0.169 e. The van der Waals surface area contributed by atoms with Crippen molar-refractivity contribution < 1.29 is 22.3 Å². The molecule has 0 spiro atoms. The van der Waals surface area contributed by atoms with Crippen molar-refractivity contribution in [2.24, 2.45) is 0 Å². The lowest BCUT2D eigenvalue weighted by atomic mass is 9.82. The van der Waals surface area contributed by atoms with Gasteiger partial charge in [0.25, 0.3) is 0 Å². The summed E-state index contributed by atoms with van der Waals surface area (Å²) < 4.78 is 60.9. The highest BCUT2D eigenvalue weighted by atomic mass is 19.2. The molecular weight excluding hydrogens is 298 g/mol. The summed E-state index contributed by atoms with van der Waals surface area (Å²) in [6.45, 7) is 2.52. The quantitative estimate of drug-likeness (QED) is 0.609. The third-order valence-electron chi connectivity index (χ3n) is 3.97. The number of hydrogen-bond acceptors (Lipinski definition) is 2. The lowest BCUT2D eigenvalue weighted by Crippen LogP contribution is -2.42. The second-order valence-corrected chi connectivity index (χ2v) is 5.46. The van der Waals surface area contributed by atoms with Crippen LogP contribution in [0.25, 0.3) is 5.83 Å². The van der Waals surface area contributed by atoms with Crippen molar-refractivity contribution in [2.45, 2.75) is 25.2 Å². The number of rotatable bonds is 7. The van der Waals surface area contributed by atoms with Crippen molar-refractivity contribution in [1.82, 2.24) is 5.32 Å². The molecule has 0 fully saturated rings. The van der Waals surface area contributed by atoms with E-state index in [0.29, 0.717) is 6.54 Å². The fraction of sp³-hybridized carbons (Fsp3) is 0.500. The summed E-state index contributed by atoms with van der Waals surface area (Å²) in [7, 11) is 1.36. The van der Waals surface area contributed by atoms with Gasteiger partial charge in [0.1, 0.15) is 0 Å². The molecule has 22 heavy (non-hydrogen) atoms. The molecule has 1 aliphatic carbocycles. The summed E-state index contributed by atoms with van der Waals surface area (Å²) in [4.78, 5) is 0. The Morgan fingerprint density at radius 2 is 1.91 bits per heavy atom. The first-order valence-electron chi connectivity index (χ1n) is 7.23. The van der Waals surface area contributed by atoms with Gasteiger partial charge in [-0.05, 0) is 24.6 Å². The highest BCUT2D eigenvalue weighted by Crippen LogP contribution is 2.49. The number of ether oxygens (including phenoxy) is 1. The fourth-order valence-corrected chi connectivity index (χ4v) is 2.82. The Hall–Kier alpha value is -1.40. The largest absolute Gasteiger partial charge is 0.383 e. The average molecular weight is 317 g/mol. The summed E-state index contributed by atoms with van der Waals surface area (Å²) in [5, 5.41) is 3.04. The van der Waals surface area contributed by atoms with Gasteiger partial charge in [0.2, 0.25) is 0 Å². The minimum atomic E-state index is -1.46. The Morgan fingerprint density at radius 3 is 2.55 bits per heavy atom. The van der Waals surface area contributed by atoms with Crippen LogP contribution >= 0.6 is 0 Å². The summed E-state index contributed by atoms with van der Waals surface area (Å²) >= 11 is 0. The van der Waals surface area contributed by atoms with Gasteiger partial charge in [-0.25, -0.2) is 17.6 Å². The van der Waals surface area contributed by atoms with Crippen molar-refractivity contribution in [2.75, 3.05) is 26.8 Å². The summed E-state index contributed by atoms with van der Waals surface area (Å²) in [5.41, 5.74) is -2.02. The van der Waals surface area contributed by atoms with Crippen LogP contribution in [0.15, 0.2) is 18.0 Å². The average Bonchev–Trinajstić information content (AvgIpc) is 2.71. The lowest BCUT2D eigenvalue weighted by Gasteiger charge is -2.29. The Balaban J connectivity index is 2.45. The molecule has 2 rings (SSSR count). The zero-order valence-corrected chi connectivity index (χ0v) is 12.6. The number of unbranched alkanes of at least 4 members (excludes halogenated alkanes) is 1. The van der Waals surface area contributed by atoms with Crippen molar-refractivity contribution >= 4 is 5.83 Å². The van der Waals surface area contributed by atoms with Gasteiger partial charge in [-0.1, -0.05) is 19.4 Å². The molecule has 0 heterocycles. The number of halogens is 4. The van der Waals surface area contributed by atoms with E-state index in [-0.39, 0.29) is 18.7 Å². The number of benzene rings is 1. The van der Waals surface area contributed by atoms with E-state index >= 15 is 0 Å². The molecule has 0 bridgehead atoms. The molecule has 122 valence electrons. The molecule has 0 amide bonds. The third kappa shape index (κ3) is 2.65. The lowest BCUT2D eigenvalue weighted by molar-refractivity contribution is 0.134. The van der Waals surface area contributed by atoms with Crippen molar-refractivity contribution in [1.29, 1.82) is 0 Å². The van der Waals surface area contributed by atoms with E-state index in [1.54, 1.807) is 0 Å². The Morgan fingerprint density at radius 1 is 1.18 bits per heavy atom. The van der Waals surface area contributed by atoms with E-state index in [2.05, 4.69) is 5.32 Å². The van der Waals surface area contributed by atoms with Gasteiger partial charge < -0.3 is 10.1 Å². The molecule has 1 aromatic carbocycles. The van der Waals surface area contributed by atoms with E-state index in [1.165, 1.54) is 13.2 Å². The summed E-state index contributed by atoms with van der Waals surface area (Å²) in [6, 6.07) is 2.11. The van der Waals surface area contributed by atoms with Gasteiger partial charge in [0.05, 0.1) is 17.6 Å². The molecule has 0 aliphatic heterocycles. The van der Waals surface area contributed by atoms with Crippen molar-refractivity contribution in [3.63, 3.8) is 0 Å². The summed E-state index contributed by atoms with van der Waals surface area (Å²) in [6.07, 6.45) is 1.83. The van der Waals surface area contributed by atoms with E-state index in [0.717, 1.165) is 18.9 Å². The van der Waals surface area contributed by atoms with Crippen LogP contribution in [0.5, 0.6) is 0 Å². The van der Waals surface area contributed by atoms with Gasteiger partial charge >= 0.3 is 0 Å². The van der Waals surface area contributed by atoms with Crippen molar-refractivity contribution in [3.05, 3.63) is 40.7 Å². The minimum absolute atomic E-state index is 0.0537. The minimum Gasteiger partial charge on any atom is -0.383 e. The highest BCUT2D eigenvalue weighted by molar-refractivity contribution is 5.75. The Bertz CT molecular complexity index is 588. The molecule has 0 saturated carbocycles. The maximum Gasteiger partial charge on any atom is 0.169 e. The first-order valence-corrected chi connectivity index (χ1v) is 7.23. The molecule has 0 radical (unpaired) electrons. The van der Waals surface area contributed by atoms with Crippen LogP contribution in [-0.2, 0) is 10.2 Å². The molecule has 1 N–H and O–H groups in total. The standard InChI is InChI=1S/C16H19F4NO/c1-3-4-7-21-8-16(9-22-2)10-5-6-11(17)13(18)12(10)14(19)15(16)20/h5-6,21H,3-4,7-9H2,1-2H3. The normalized spacial score (nSPS) is 20.6. The molecule has 0 saturated heterocycles. The van der Waals surface area contributed by atoms with Gasteiger partial charge in [-0.15, -0.1) is 0 Å². The van der Waals surface area contributed by atoms with Gasteiger partial charge in [-0.3, -0.25) is 0 Å². The Kier molecular flexibility index (Phi) is 5.24. The second kappa shape index (κ2) is 6.79. The van der Waals surface area contributed by atoms with E-state index < -0.39 is 34.3 Å². The van der Waals surface area contributed by atoms with Crippen LogP contribution in [-0.4, -0.2) is 26.8 Å². The number of nitrogens with one attached hydrogen (secondary N) is 1. The van der Waals surface area contributed by atoms with Crippen LogP contribution in [0.2, 0.25) is 0 Å². The zero-order chi connectivity index (χ0) is 16.3. The molecule has 2 nitrogen and oxygen atoms in total. The predicted octanol–water partition coefficient (Wildman–Crippen LogP) is 3.86. The van der Waals surface area contributed by atoms with Gasteiger partial charge in [0.15, 0.2) is 23.3 Å². The second-order valence-electron chi connectivity index (χ2n) is 5.46. The highest BCUT2D eigenvalue weighted by Gasteiger charge is 2.48. The van der Waals surface area contributed by atoms with Crippen LogP contribution in [0, 0.1) is 11.6 Å². The van der Waals surface area contributed by atoms with Gasteiger partial charge in [-0.2, -0.15) is 0 Å². The number of methoxy groups -OCH3 is 1. The third-order valence-corrected chi connectivity index (χ3v) is 3.97. The number of hydrogen-bond donors (Lipinski definition) is 1. The van der Waals surface area contributed by atoms with E-state index in [1.807, 2.05) is 6.92 Å². The van der Waals surface area contributed by atoms with Crippen LogP contribution in [0.1, 0.15) is 30.9 Å². The van der Waals surface area contributed by atoms with Crippen molar-refractivity contribution in [3.8, 4) is 0 Å². The molecule has 6 heteroatoms. The van der Waals surface area contributed by atoms with E-state index in [9.17, 15) is 17.6 Å². The van der Waals surface area contributed by atoms with Crippen LogP contribution in [0.3, 0.4) is 0 Å². The van der Waals surface area contributed by atoms with E-state index in [4.69, 9.17) is 4.74 Å². The fourth-order valence-electron chi connectivity index (χ4n) is 2.82. The molecule has 0 aromatic heterocycles. The SMILES string of the molecule is CCCCNCC1(COC)C(F)=C(F)c2c1ccc(F)c2F. The Labute approximate surface area is 127 Å². The zero-order valence-electron chi connectivity index (χ0n) is 12.6. The first-order chi connectivity index (χ1) is 10.5. The van der Waals surface area contributed by atoms with Gasteiger partial charge in [0, 0.05) is 13.7 Å². The molecular formula is C16H19F4NO. The molecule has 1 aromatic rings. The maximum absolute atomic E-state index is 14.5. The maximum atomic E-state index is 14.5. The molecule has 1 aliphatic rings. The van der Waals surface area contributed by atoms with Crippen LogP contribution in [0.4, 0.5) is 17.6 Å². The molecule has 1 unspecified atom stereocenters. The monoisotopic (exact) mass is 317 g/mol. The predicted molar refractivity (Wildman–Crippen MR) is 76.8 cm³/mol. The number of fused-ring (bicyclic) bond motifs is 1.